The zero-order chi connectivity index (χ0) is 28.3. The molecule has 210 valence electrons. The number of carbonyl (C=O) groups excluding carboxylic acids is 1. The molecule has 3 aromatic carbocycles. The molecule has 6 nitrogen and oxygen atoms in total. The lowest BCUT2D eigenvalue weighted by atomic mass is 9.88. The molecule has 0 saturated carbocycles. The molecule has 0 spiro atoms. The van der Waals surface area contributed by atoms with Crippen molar-refractivity contribution < 1.29 is 19.1 Å². The number of aromatic nitrogens is 1. The van der Waals surface area contributed by atoms with Crippen molar-refractivity contribution in [3.05, 3.63) is 107 Å². The van der Waals surface area contributed by atoms with Crippen LogP contribution in [-0.2, 0) is 17.6 Å². The van der Waals surface area contributed by atoms with Crippen LogP contribution in [0, 0.1) is 6.92 Å². The molecular formula is C35H36N2O4. The molecule has 3 heterocycles. The highest BCUT2D eigenvalue weighted by Gasteiger charge is 2.34. The van der Waals surface area contributed by atoms with E-state index < -0.39 is 5.97 Å². The second kappa shape index (κ2) is 11.8. The first-order valence-corrected chi connectivity index (χ1v) is 14.6. The minimum atomic E-state index is -0.435. The molecule has 5 aromatic rings. The van der Waals surface area contributed by atoms with Gasteiger partial charge in [0.25, 0.3) is 0 Å². The number of phenolic OH excluding ortho intramolecular Hbond substituents is 1. The summed E-state index contributed by atoms with van der Waals surface area (Å²) in [6, 6.07) is 22.1. The smallest absolute Gasteiger partial charge is 0.342 e. The maximum atomic E-state index is 13.4. The van der Waals surface area contributed by atoms with Gasteiger partial charge >= 0.3 is 5.97 Å². The van der Waals surface area contributed by atoms with E-state index >= 15 is 0 Å². The highest BCUT2D eigenvalue weighted by Crippen LogP contribution is 2.47. The molecular weight excluding hydrogens is 512 g/mol. The maximum absolute atomic E-state index is 13.4. The molecule has 1 saturated heterocycles. The molecule has 0 amide bonds. The first-order valence-electron chi connectivity index (χ1n) is 14.6. The molecule has 6 rings (SSSR count). The van der Waals surface area contributed by atoms with E-state index in [9.17, 15) is 9.90 Å². The van der Waals surface area contributed by atoms with Crippen LogP contribution in [-0.4, -0.2) is 40.7 Å². The summed E-state index contributed by atoms with van der Waals surface area (Å²) < 4.78 is 11.8. The number of likely N-dealkylation sites (tertiary alicyclic amines) is 1. The minimum Gasteiger partial charge on any atom is -0.507 e. The number of pyridine rings is 1. The largest absolute Gasteiger partial charge is 0.507 e. The van der Waals surface area contributed by atoms with Gasteiger partial charge in [-0.05, 0) is 75.9 Å². The van der Waals surface area contributed by atoms with Gasteiger partial charge in [-0.15, -0.1) is 0 Å². The van der Waals surface area contributed by atoms with Gasteiger partial charge in [0, 0.05) is 33.6 Å². The molecule has 6 heteroatoms. The fourth-order valence-corrected chi connectivity index (χ4v) is 6.32. The molecule has 0 radical (unpaired) electrons. The Morgan fingerprint density at radius 1 is 1.00 bits per heavy atom. The lowest BCUT2D eigenvalue weighted by Gasteiger charge is -2.36. The fourth-order valence-electron chi connectivity index (χ4n) is 6.32. The molecule has 1 fully saturated rings. The summed E-state index contributed by atoms with van der Waals surface area (Å²) in [5.74, 6) is 0.235. The van der Waals surface area contributed by atoms with Gasteiger partial charge in [0.05, 0.1) is 12.6 Å². The Morgan fingerprint density at radius 2 is 1.73 bits per heavy atom. The third-order valence-electron chi connectivity index (χ3n) is 8.21. The Bertz CT molecular complexity index is 1690. The molecule has 0 aliphatic carbocycles. The number of hydrogen-bond donors (Lipinski definition) is 1. The van der Waals surface area contributed by atoms with E-state index in [1.807, 2.05) is 42.6 Å². The van der Waals surface area contributed by atoms with Crippen LogP contribution in [0.15, 0.2) is 77.3 Å². The van der Waals surface area contributed by atoms with Crippen molar-refractivity contribution in [1.29, 1.82) is 0 Å². The number of phenols is 1. The zero-order valence-corrected chi connectivity index (χ0v) is 23.7. The van der Waals surface area contributed by atoms with Crippen molar-refractivity contribution in [2.75, 3.05) is 19.7 Å². The summed E-state index contributed by atoms with van der Waals surface area (Å²) >= 11 is 0. The zero-order valence-electron chi connectivity index (χ0n) is 23.7. The number of furan rings is 1. The van der Waals surface area contributed by atoms with E-state index in [-0.39, 0.29) is 18.4 Å². The van der Waals surface area contributed by atoms with Gasteiger partial charge in [0.2, 0.25) is 0 Å². The molecule has 1 aliphatic heterocycles. The average molecular weight is 549 g/mol. The highest BCUT2D eigenvalue weighted by molar-refractivity contribution is 6.16. The van der Waals surface area contributed by atoms with Crippen molar-refractivity contribution in [2.24, 2.45) is 0 Å². The van der Waals surface area contributed by atoms with Crippen molar-refractivity contribution in [1.82, 2.24) is 9.88 Å². The Hall–Kier alpha value is -4.16. The molecule has 41 heavy (non-hydrogen) atoms. The van der Waals surface area contributed by atoms with Gasteiger partial charge < -0.3 is 14.3 Å². The highest BCUT2D eigenvalue weighted by atomic mass is 16.5. The quantitative estimate of drug-likeness (QED) is 0.202. The number of esters is 1. The molecule has 0 bridgehead atoms. The van der Waals surface area contributed by atoms with Crippen LogP contribution < -0.4 is 0 Å². The van der Waals surface area contributed by atoms with Crippen LogP contribution in [0.3, 0.4) is 0 Å². The summed E-state index contributed by atoms with van der Waals surface area (Å²) in [6.45, 7) is 5.64. The van der Waals surface area contributed by atoms with Crippen LogP contribution in [0.2, 0.25) is 0 Å². The van der Waals surface area contributed by atoms with Gasteiger partial charge in [-0.2, -0.15) is 0 Å². The number of aryl methyl sites for hydroxylation is 3. The third kappa shape index (κ3) is 5.20. The SMILES string of the molecule is CCOC(=O)c1c(C)oc2c1c(C(c1ccnc(CCc3ccccc3)c1)N1CCCCC1)c(O)c1ccccc12. The van der Waals surface area contributed by atoms with Crippen molar-refractivity contribution in [2.45, 2.75) is 52.0 Å². The number of hydrogen-bond acceptors (Lipinski definition) is 6. The molecule has 1 atom stereocenters. The number of rotatable bonds is 8. The number of benzene rings is 3. The number of carbonyl (C=O) groups is 1. The Labute approximate surface area is 240 Å². The predicted octanol–water partition coefficient (Wildman–Crippen LogP) is 7.53. The van der Waals surface area contributed by atoms with Crippen molar-refractivity contribution in [3.63, 3.8) is 0 Å². The van der Waals surface area contributed by atoms with E-state index in [2.05, 4.69) is 35.2 Å². The van der Waals surface area contributed by atoms with Gasteiger partial charge in [-0.25, -0.2) is 4.79 Å². The fraction of sp³-hybridized carbons (Fsp3) is 0.314. The lowest BCUT2D eigenvalue weighted by molar-refractivity contribution is 0.0526. The maximum Gasteiger partial charge on any atom is 0.342 e. The number of aromatic hydroxyl groups is 1. The molecule has 2 aromatic heterocycles. The van der Waals surface area contributed by atoms with E-state index in [1.165, 1.54) is 12.0 Å². The van der Waals surface area contributed by atoms with E-state index in [0.717, 1.165) is 55.4 Å². The third-order valence-corrected chi connectivity index (χ3v) is 8.21. The second-order valence-corrected chi connectivity index (χ2v) is 10.8. The van der Waals surface area contributed by atoms with Crippen LogP contribution >= 0.6 is 0 Å². The normalized spacial score (nSPS) is 14.9. The summed E-state index contributed by atoms with van der Waals surface area (Å²) in [4.78, 5) is 20.5. The van der Waals surface area contributed by atoms with E-state index in [1.54, 1.807) is 13.8 Å². The number of piperidine rings is 1. The second-order valence-electron chi connectivity index (χ2n) is 10.8. The van der Waals surface area contributed by atoms with Crippen molar-refractivity contribution >= 4 is 27.7 Å². The van der Waals surface area contributed by atoms with E-state index in [0.29, 0.717) is 33.2 Å². The Balaban J connectivity index is 1.56. The summed E-state index contributed by atoms with van der Waals surface area (Å²) in [7, 11) is 0. The minimum absolute atomic E-state index is 0.178. The molecule has 1 unspecified atom stereocenters. The first-order chi connectivity index (χ1) is 20.1. The monoisotopic (exact) mass is 548 g/mol. The van der Waals surface area contributed by atoms with Gasteiger partial charge in [-0.3, -0.25) is 9.88 Å². The standard InChI is InChI=1S/C35H36N2O4/c1-3-40-35(39)29-23(2)41-34-28-15-9-8-14-27(28)33(38)31(30(29)34)32(37-20-10-5-11-21-37)25-18-19-36-26(22-25)17-16-24-12-6-4-7-13-24/h4,6-9,12-15,18-19,22,32,38H,3,5,10-11,16-17,20-21H2,1-2H3. The predicted molar refractivity (Wildman–Crippen MR) is 161 cm³/mol. The topological polar surface area (TPSA) is 75.8 Å². The lowest BCUT2D eigenvalue weighted by Crippen LogP contribution is -2.34. The van der Waals surface area contributed by atoms with Crippen LogP contribution in [0.25, 0.3) is 21.7 Å². The van der Waals surface area contributed by atoms with Crippen molar-refractivity contribution in [3.8, 4) is 5.75 Å². The average Bonchev–Trinajstić information content (AvgIpc) is 3.36. The van der Waals surface area contributed by atoms with Crippen LogP contribution in [0.5, 0.6) is 5.75 Å². The van der Waals surface area contributed by atoms with Crippen LogP contribution in [0.1, 0.15) is 70.7 Å². The van der Waals surface area contributed by atoms with Gasteiger partial charge in [0.15, 0.2) is 0 Å². The summed E-state index contributed by atoms with van der Waals surface area (Å²) in [6.07, 6.45) is 6.91. The molecule has 1 N–H and O–H groups in total. The number of nitrogens with zero attached hydrogens (tertiary/aromatic N) is 2. The Morgan fingerprint density at radius 3 is 2.49 bits per heavy atom. The van der Waals surface area contributed by atoms with Crippen LogP contribution in [0.4, 0.5) is 0 Å². The number of fused-ring (bicyclic) bond motifs is 3. The Kier molecular flexibility index (Phi) is 7.75. The van der Waals surface area contributed by atoms with Gasteiger partial charge in [0.1, 0.15) is 22.7 Å². The molecule has 1 aliphatic rings. The first kappa shape index (κ1) is 27.0. The van der Waals surface area contributed by atoms with Gasteiger partial charge in [-0.1, -0.05) is 61.0 Å². The summed E-state index contributed by atoms with van der Waals surface area (Å²) in [5.41, 5.74) is 5.01. The summed E-state index contributed by atoms with van der Waals surface area (Å²) in [5, 5.41) is 14.2. The van der Waals surface area contributed by atoms with E-state index in [4.69, 9.17) is 14.1 Å². The number of ether oxygens (including phenoxy) is 1.